The zero-order valence-electron chi connectivity index (χ0n) is 4.74. The van der Waals surface area contributed by atoms with Crippen molar-refractivity contribution in [2.45, 2.75) is 0 Å². The van der Waals surface area contributed by atoms with E-state index in [-0.39, 0.29) is 0 Å². The summed E-state index contributed by atoms with van der Waals surface area (Å²) in [5.41, 5.74) is 6.65. The zero-order valence-corrected chi connectivity index (χ0v) is 4.74. The fraction of sp³-hybridized carbons (Fsp3) is 0.200. The van der Waals surface area contributed by atoms with Gasteiger partial charge in [-0.2, -0.15) is 0 Å². The SMILES string of the molecule is [NH]C(=O)N1C=CN=CC1. The van der Waals surface area contributed by atoms with Crippen LogP contribution in [0.25, 0.3) is 0 Å². The normalized spacial score (nSPS) is 16.2. The van der Waals surface area contributed by atoms with E-state index < -0.39 is 6.03 Å². The van der Waals surface area contributed by atoms with Gasteiger partial charge in [0.15, 0.2) is 0 Å². The molecule has 0 spiro atoms. The average Bonchev–Trinajstić information content (AvgIpc) is 1.90. The highest BCUT2D eigenvalue weighted by Gasteiger charge is 2.05. The van der Waals surface area contributed by atoms with Crippen molar-refractivity contribution < 1.29 is 4.79 Å². The maximum atomic E-state index is 10.3. The molecule has 4 nitrogen and oxygen atoms in total. The molecule has 47 valence electrons. The maximum Gasteiger partial charge on any atom is 0.340 e. The Kier molecular flexibility index (Phi) is 1.48. The first-order valence-corrected chi connectivity index (χ1v) is 2.51. The molecule has 2 amide bonds. The summed E-state index contributed by atoms with van der Waals surface area (Å²) in [7, 11) is 0. The van der Waals surface area contributed by atoms with Crippen LogP contribution in [0.3, 0.4) is 0 Å². The molecule has 1 radical (unpaired) electrons. The zero-order chi connectivity index (χ0) is 6.69. The van der Waals surface area contributed by atoms with Crippen LogP contribution < -0.4 is 5.73 Å². The van der Waals surface area contributed by atoms with Crippen molar-refractivity contribution in [2.24, 2.45) is 4.99 Å². The Labute approximate surface area is 52.7 Å². The third-order valence-electron chi connectivity index (χ3n) is 0.977. The molecule has 0 aromatic carbocycles. The Morgan fingerprint density at radius 1 is 1.78 bits per heavy atom. The van der Waals surface area contributed by atoms with E-state index in [1.165, 1.54) is 17.3 Å². The van der Waals surface area contributed by atoms with Crippen LogP contribution in [0.15, 0.2) is 17.4 Å². The van der Waals surface area contributed by atoms with Gasteiger partial charge in [-0.3, -0.25) is 9.89 Å². The summed E-state index contributed by atoms with van der Waals surface area (Å²) < 4.78 is 0. The standard InChI is InChI=1S/C5H6N3O/c6-5(9)8-3-1-7-2-4-8/h1-3,6H,4H2. The van der Waals surface area contributed by atoms with Crippen LogP contribution in [-0.4, -0.2) is 23.7 Å². The fourth-order valence-electron chi connectivity index (χ4n) is 0.526. The Morgan fingerprint density at radius 2 is 2.56 bits per heavy atom. The van der Waals surface area contributed by atoms with Gasteiger partial charge in [0.25, 0.3) is 0 Å². The molecule has 4 heteroatoms. The molecule has 0 aliphatic carbocycles. The second-order valence-electron chi connectivity index (χ2n) is 1.59. The number of carbonyl (C=O) groups is 1. The summed E-state index contributed by atoms with van der Waals surface area (Å²) in [5, 5.41) is 0. The minimum Gasteiger partial charge on any atom is -0.293 e. The Hall–Kier alpha value is -1.32. The summed E-state index contributed by atoms with van der Waals surface area (Å²) in [6, 6.07) is -0.697. The number of nitrogens with zero attached hydrogens (tertiary/aromatic N) is 2. The first kappa shape index (κ1) is 5.81. The van der Waals surface area contributed by atoms with Gasteiger partial charge in [0.1, 0.15) is 0 Å². The molecule has 0 fully saturated rings. The number of rotatable bonds is 0. The van der Waals surface area contributed by atoms with Gasteiger partial charge in [-0.15, -0.1) is 0 Å². The molecule has 0 saturated heterocycles. The van der Waals surface area contributed by atoms with Gasteiger partial charge >= 0.3 is 6.03 Å². The van der Waals surface area contributed by atoms with Crippen LogP contribution in [0.1, 0.15) is 0 Å². The summed E-state index contributed by atoms with van der Waals surface area (Å²) in [4.78, 5) is 15.3. The second kappa shape index (κ2) is 2.30. The van der Waals surface area contributed by atoms with E-state index in [0.29, 0.717) is 6.54 Å². The molecule has 0 bridgehead atoms. The van der Waals surface area contributed by atoms with Gasteiger partial charge in [-0.25, -0.2) is 10.5 Å². The third kappa shape index (κ3) is 1.28. The molecule has 9 heavy (non-hydrogen) atoms. The summed E-state index contributed by atoms with van der Waals surface area (Å²) in [5.74, 6) is 0. The van der Waals surface area contributed by atoms with E-state index in [4.69, 9.17) is 5.73 Å². The lowest BCUT2D eigenvalue weighted by Crippen LogP contribution is -2.27. The van der Waals surface area contributed by atoms with E-state index in [9.17, 15) is 4.79 Å². The van der Waals surface area contributed by atoms with Gasteiger partial charge in [0, 0.05) is 18.6 Å². The Bertz CT molecular complexity index is 173. The summed E-state index contributed by atoms with van der Waals surface area (Å²) in [6.45, 7) is 0.416. The maximum absolute atomic E-state index is 10.3. The molecule has 1 aliphatic rings. The molecule has 0 saturated carbocycles. The van der Waals surface area contributed by atoms with E-state index in [0.717, 1.165) is 0 Å². The predicted molar refractivity (Wildman–Crippen MR) is 32.8 cm³/mol. The molecular weight excluding hydrogens is 118 g/mol. The molecule has 0 atom stereocenters. The van der Waals surface area contributed by atoms with Crippen molar-refractivity contribution in [2.75, 3.05) is 6.54 Å². The lowest BCUT2D eigenvalue weighted by molar-refractivity contribution is 0.227. The Balaban J connectivity index is 2.56. The monoisotopic (exact) mass is 124 g/mol. The van der Waals surface area contributed by atoms with Crippen molar-refractivity contribution in [1.82, 2.24) is 10.6 Å². The van der Waals surface area contributed by atoms with E-state index >= 15 is 0 Å². The van der Waals surface area contributed by atoms with E-state index in [2.05, 4.69) is 4.99 Å². The van der Waals surface area contributed by atoms with E-state index in [1.807, 2.05) is 0 Å². The molecule has 1 rings (SSSR count). The summed E-state index contributed by atoms with van der Waals surface area (Å²) in [6.07, 6.45) is 4.54. The lowest BCUT2D eigenvalue weighted by atomic mass is 10.5. The minimum absolute atomic E-state index is 0.416. The number of hydrogen-bond donors (Lipinski definition) is 0. The van der Waals surface area contributed by atoms with Crippen LogP contribution >= 0.6 is 0 Å². The largest absolute Gasteiger partial charge is 0.340 e. The molecular formula is C5H6N3O. The molecule has 1 heterocycles. The number of hydrogen-bond acceptors (Lipinski definition) is 2. The molecule has 0 unspecified atom stereocenters. The average molecular weight is 124 g/mol. The lowest BCUT2D eigenvalue weighted by Gasteiger charge is -2.12. The van der Waals surface area contributed by atoms with Gasteiger partial charge < -0.3 is 0 Å². The summed E-state index contributed by atoms with van der Waals surface area (Å²) >= 11 is 0. The topological polar surface area (TPSA) is 56.5 Å². The highest BCUT2D eigenvalue weighted by Crippen LogP contribution is 1.93. The number of carbonyl (C=O) groups excluding carboxylic acids is 1. The Morgan fingerprint density at radius 3 is 2.89 bits per heavy atom. The van der Waals surface area contributed by atoms with Crippen LogP contribution in [0.5, 0.6) is 0 Å². The predicted octanol–water partition coefficient (Wildman–Crippen LogP) is 0.247. The first-order chi connectivity index (χ1) is 4.30. The highest BCUT2D eigenvalue weighted by atomic mass is 16.2. The number of amides is 2. The molecule has 1 aliphatic heterocycles. The first-order valence-electron chi connectivity index (χ1n) is 2.51. The number of nitrogens with one attached hydrogen (secondary N) is 1. The van der Waals surface area contributed by atoms with Gasteiger partial charge in [0.05, 0.1) is 6.54 Å². The minimum atomic E-state index is -0.697. The van der Waals surface area contributed by atoms with Crippen LogP contribution in [0, 0.1) is 0 Å². The fourth-order valence-corrected chi connectivity index (χ4v) is 0.526. The number of aliphatic imine (C=N–C) groups is 1. The van der Waals surface area contributed by atoms with Gasteiger partial charge in [-0.1, -0.05) is 0 Å². The van der Waals surface area contributed by atoms with Crippen LogP contribution in [0.4, 0.5) is 4.79 Å². The van der Waals surface area contributed by atoms with Crippen molar-refractivity contribution in [3.8, 4) is 0 Å². The molecule has 0 aromatic heterocycles. The third-order valence-corrected chi connectivity index (χ3v) is 0.977. The van der Waals surface area contributed by atoms with Crippen LogP contribution in [-0.2, 0) is 0 Å². The second-order valence-corrected chi connectivity index (χ2v) is 1.59. The van der Waals surface area contributed by atoms with Gasteiger partial charge in [0.2, 0.25) is 0 Å². The smallest absolute Gasteiger partial charge is 0.293 e. The van der Waals surface area contributed by atoms with Crippen molar-refractivity contribution in [3.05, 3.63) is 12.4 Å². The van der Waals surface area contributed by atoms with Crippen molar-refractivity contribution in [3.63, 3.8) is 0 Å². The molecule has 0 aromatic rings. The van der Waals surface area contributed by atoms with Gasteiger partial charge in [-0.05, 0) is 0 Å². The number of urea groups is 1. The molecule has 1 N–H and O–H groups in total. The quantitative estimate of drug-likeness (QED) is 0.456. The van der Waals surface area contributed by atoms with Crippen molar-refractivity contribution in [1.29, 1.82) is 0 Å². The van der Waals surface area contributed by atoms with Crippen LogP contribution in [0.2, 0.25) is 0 Å². The highest BCUT2D eigenvalue weighted by molar-refractivity contribution is 5.77. The van der Waals surface area contributed by atoms with E-state index in [1.54, 1.807) is 6.21 Å². The van der Waals surface area contributed by atoms with Crippen molar-refractivity contribution >= 4 is 12.2 Å².